The van der Waals surface area contributed by atoms with E-state index in [0.717, 1.165) is 18.5 Å². The minimum absolute atomic E-state index is 0. The second kappa shape index (κ2) is 12.0. The van der Waals surface area contributed by atoms with Gasteiger partial charge in [0.15, 0.2) is 0 Å². The summed E-state index contributed by atoms with van der Waals surface area (Å²) in [6.45, 7) is 32.0. The molecule has 1 aliphatic carbocycles. The molecule has 33 heavy (non-hydrogen) atoms. The van der Waals surface area contributed by atoms with Crippen LogP contribution >= 0.6 is 0 Å². The van der Waals surface area contributed by atoms with Gasteiger partial charge in [-0.2, -0.15) is 0 Å². The number of halogens is 1. The normalized spacial score (nSPS) is 16.0. The van der Waals surface area contributed by atoms with Crippen molar-refractivity contribution in [3.8, 4) is 0 Å². The summed E-state index contributed by atoms with van der Waals surface area (Å²) >= 11 is -2.30. The molecule has 0 aromatic heterocycles. The maximum Gasteiger partial charge on any atom is -1.00 e. The molecule has 0 bridgehead atoms. The van der Waals surface area contributed by atoms with Gasteiger partial charge in [0.1, 0.15) is 0 Å². The van der Waals surface area contributed by atoms with Crippen LogP contribution in [-0.2, 0) is 31.2 Å². The van der Waals surface area contributed by atoms with Gasteiger partial charge in [0.25, 0.3) is 0 Å². The van der Waals surface area contributed by atoms with E-state index in [1.807, 2.05) is 0 Å². The Balaban J connectivity index is 0.0000102. The van der Waals surface area contributed by atoms with E-state index in [1.165, 1.54) is 0 Å². The van der Waals surface area contributed by atoms with Crippen LogP contribution in [-0.4, -0.2) is 38.9 Å². The molecule has 0 unspecified atom stereocenters. The number of allylic oxidation sites excluding steroid dienone is 4. The van der Waals surface area contributed by atoms with Crippen molar-refractivity contribution in [1.82, 2.24) is 6.52 Å². The van der Waals surface area contributed by atoms with Crippen LogP contribution in [0.1, 0.15) is 75.7 Å². The molecule has 0 fully saturated rings. The second-order valence-electron chi connectivity index (χ2n) is 14.0. The Hall–Kier alpha value is 0.927. The molecule has 0 atom stereocenters. The molecule has 1 aliphatic rings. The van der Waals surface area contributed by atoms with E-state index in [9.17, 15) is 0 Å². The first kappa shape index (κ1) is 33.9. The van der Waals surface area contributed by atoms with Gasteiger partial charge >= 0.3 is 212 Å². The fourth-order valence-electron chi connectivity index (χ4n) is 5.45. The SMILES string of the molecule is CC(C)(C[Si](C)(C)OC(C)(C)C)[NH][Zr+]([NH]C(C)(C)C[Si](C)(C)OC(C)(C)C)[C]1=CC=CC1.[Cl-]. The Morgan fingerprint density at radius 2 is 1.12 bits per heavy atom. The summed E-state index contributed by atoms with van der Waals surface area (Å²) in [6.07, 6.45) is 7.95. The molecule has 194 valence electrons. The first-order valence-corrected chi connectivity index (χ1v) is 22.1. The third kappa shape index (κ3) is 14.9. The van der Waals surface area contributed by atoms with Crippen molar-refractivity contribution in [2.24, 2.45) is 0 Å². The van der Waals surface area contributed by atoms with Crippen molar-refractivity contribution < 1.29 is 43.6 Å². The van der Waals surface area contributed by atoms with E-state index in [4.69, 9.17) is 8.85 Å². The third-order valence-corrected chi connectivity index (χ3v) is 17.8. The van der Waals surface area contributed by atoms with Crippen LogP contribution in [0.3, 0.4) is 0 Å². The van der Waals surface area contributed by atoms with Crippen LogP contribution in [0.5, 0.6) is 0 Å². The zero-order chi connectivity index (χ0) is 25.2. The van der Waals surface area contributed by atoms with Crippen LogP contribution < -0.4 is 18.9 Å². The minimum Gasteiger partial charge on any atom is -1.00 e. The van der Waals surface area contributed by atoms with Gasteiger partial charge in [-0.15, -0.1) is 0 Å². The molecule has 0 saturated carbocycles. The van der Waals surface area contributed by atoms with Crippen molar-refractivity contribution in [3.63, 3.8) is 0 Å². The van der Waals surface area contributed by atoms with Crippen LogP contribution in [0.2, 0.25) is 38.3 Å². The third-order valence-electron chi connectivity index (χ3n) is 4.92. The Labute approximate surface area is 223 Å². The largest absolute Gasteiger partial charge is 1.00 e. The summed E-state index contributed by atoms with van der Waals surface area (Å²) in [5, 5.41) is 0. The average Bonchev–Trinajstić information content (AvgIpc) is 2.90. The van der Waals surface area contributed by atoms with Crippen molar-refractivity contribution in [1.29, 1.82) is 0 Å². The van der Waals surface area contributed by atoms with Gasteiger partial charge in [-0.1, -0.05) is 0 Å². The van der Waals surface area contributed by atoms with Gasteiger partial charge < -0.3 is 12.4 Å². The maximum absolute atomic E-state index is 6.54. The molecule has 0 radical (unpaired) electrons. The molecular formula is C25H53ClN2O2Si2Zr. The molecular weight excluding hydrogens is 543 g/mol. The van der Waals surface area contributed by atoms with E-state index in [2.05, 4.69) is 120 Å². The molecule has 0 aliphatic heterocycles. The van der Waals surface area contributed by atoms with Gasteiger partial charge in [0, 0.05) is 0 Å². The average molecular weight is 597 g/mol. The Morgan fingerprint density at radius 3 is 1.39 bits per heavy atom. The molecule has 8 heteroatoms. The molecule has 2 N–H and O–H groups in total. The maximum atomic E-state index is 6.54. The predicted molar refractivity (Wildman–Crippen MR) is 143 cm³/mol. The van der Waals surface area contributed by atoms with Crippen LogP contribution in [0, 0.1) is 0 Å². The van der Waals surface area contributed by atoms with Crippen LogP contribution in [0.25, 0.3) is 0 Å². The van der Waals surface area contributed by atoms with Crippen molar-refractivity contribution in [3.05, 3.63) is 21.5 Å². The monoisotopic (exact) mass is 594 g/mol. The summed E-state index contributed by atoms with van der Waals surface area (Å²) < 4.78 is 23.0. The zero-order valence-electron chi connectivity index (χ0n) is 24.0. The Kier molecular flexibility index (Phi) is 12.3. The summed E-state index contributed by atoms with van der Waals surface area (Å²) in [7, 11) is -3.62. The fraction of sp³-hybridized carbons (Fsp3) is 0.840. The first-order valence-electron chi connectivity index (χ1n) is 12.2. The summed E-state index contributed by atoms with van der Waals surface area (Å²) in [4.78, 5) is 0. The van der Waals surface area contributed by atoms with E-state index >= 15 is 0 Å². The molecule has 0 spiro atoms. The van der Waals surface area contributed by atoms with Gasteiger partial charge in [0.05, 0.1) is 0 Å². The first-order chi connectivity index (χ1) is 14.0. The molecule has 0 amide bonds. The summed E-state index contributed by atoms with van der Waals surface area (Å²) in [5.74, 6) is 0. The number of rotatable bonds is 11. The topological polar surface area (TPSA) is 42.5 Å². The fourth-order valence-corrected chi connectivity index (χ4v) is 20.4. The number of nitrogens with one attached hydrogen (secondary N) is 2. The zero-order valence-corrected chi connectivity index (χ0v) is 29.3. The summed E-state index contributed by atoms with van der Waals surface area (Å²) in [6, 6.07) is 2.19. The van der Waals surface area contributed by atoms with Gasteiger partial charge in [-0.3, -0.25) is 0 Å². The number of hydrogen-bond acceptors (Lipinski definition) is 4. The van der Waals surface area contributed by atoms with E-state index < -0.39 is 39.0 Å². The van der Waals surface area contributed by atoms with E-state index in [-0.39, 0.29) is 34.7 Å². The smallest absolute Gasteiger partial charge is 1.00 e. The molecule has 0 aromatic rings. The Bertz CT molecular complexity index is 650. The number of hydrogen-bond donors (Lipinski definition) is 2. The quantitative estimate of drug-likeness (QED) is 0.354. The standard InChI is InChI=1S/2C10H24NOSi.C5H5.ClH.Zr/c2*1-9(2,3)12-13(6,7)8-10(4,5)11;1-2-4-5-3-1;;/h2*11H,8H2,1-7H3;1-3H,4H2;1H;/q2*-1;;;+3/p-1. The van der Waals surface area contributed by atoms with Gasteiger partial charge in [-0.05, 0) is 0 Å². The van der Waals surface area contributed by atoms with E-state index in [0.29, 0.717) is 0 Å². The summed E-state index contributed by atoms with van der Waals surface area (Å²) in [5.41, 5.74) is -0.0994. The predicted octanol–water partition coefficient (Wildman–Crippen LogP) is 4.06. The second-order valence-corrected chi connectivity index (χ2v) is 26.8. The molecule has 0 saturated heterocycles. The van der Waals surface area contributed by atoms with Crippen LogP contribution in [0.4, 0.5) is 0 Å². The minimum atomic E-state index is -2.30. The Morgan fingerprint density at radius 1 is 0.758 bits per heavy atom. The molecule has 0 aromatic carbocycles. The van der Waals surface area contributed by atoms with Crippen molar-refractivity contribution in [2.45, 2.75) is 136 Å². The van der Waals surface area contributed by atoms with Gasteiger partial charge in [-0.25, -0.2) is 0 Å². The van der Waals surface area contributed by atoms with E-state index in [1.54, 1.807) is 3.28 Å². The van der Waals surface area contributed by atoms with Crippen molar-refractivity contribution >= 4 is 16.6 Å². The van der Waals surface area contributed by atoms with Gasteiger partial charge in [0.2, 0.25) is 0 Å². The van der Waals surface area contributed by atoms with Crippen LogP contribution in [0.15, 0.2) is 21.5 Å². The molecule has 4 nitrogen and oxygen atoms in total. The molecule has 0 heterocycles. The van der Waals surface area contributed by atoms with Crippen molar-refractivity contribution in [2.75, 3.05) is 0 Å². The molecule has 1 rings (SSSR count).